The van der Waals surface area contributed by atoms with Gasteiger partial charge in [-0.05, 0) is 26.0 Å². The predicted octanol–water partition coefficient (Wildman–Crippen LogP) is 2.81. The summed E-state index contributed by atoms with van der Waals surface area (Å²) >= 11 is 6.08. The molecule has 0 radical (unpaired) electrons. The zero-order valence-corrected chi connectivity index (χ0v) is 12.2. The van der Waals surface area contributed by atoms with Crippen LogP contribution in [-0.2, 0) is 4.74 Å². The van der Waals surface area contributed by atoms with Gasteiger partial charge in [0.05, 0.1) is 22.2 Å². The number of halogens is 1. The van der Waals surface area contributed by atoms with E-state index in [-0.39, 0.29) is 27.9 Å². The smallest absolute Gasteiger partial charge is 0.358 e. The quantitative estimate of drug-likeness (QED) is 0.693. The lowest BCUT2D eigenvalue weighted by atomic mass is 10.3. The van der Waals surface area contributed by atoms with Gasteiger partial charge in [0.2, 0.25) is 0 Å². The molecule has 1 N–H and O–H groups in total. The first kappa shape index (κ1) is 15.0. The standard InChI is InChI=1S/C13H13ClN3O4/c1-3-21-13(18)11-6-8(2)16(15-11)12-5-4-9(17(19)20)7-10(12)14/h4-7H,3H2,1-2H3,(H,19,20)/q+1. The first-order chi connectivity index (χ1) is 9.93. The molecular formula is C13H13ClN3O4+. The molecule has 0 saturated carbocycles. The van der Waals surface area contributed by atoms with Crippen molar-refractivity contribution in [2.75, 3.05) is 6.61 Å². The molecule has 1 aromatic carbocycles. The summed E-state index contributed by atoms with van der Waals surface area (Å²) in [5.74, 6) is -0.520. The number of rotatable bonds is 4. The van der Waals surface area contributed by atoms with Crippen LogP contribution in [-0.4, -0.2) is 32.5 Å². The molecule has 2 aromatic rings. The van der Waals surface area contributed by atoms with Crippen molar-refractivity contribution in [2.24, 2.45) is 0 Å². The van der Waals surface area contributed by atoms with Crippen LogP contribution in [0.1, 0.15) is 23.1 Å². The summed E-state index contributed by atoms with van der Waals surface area (Å²) in [7, 11) is 0. The molecule has 0 atom stereocenters. The summed E-state index contributed by atoms with van der Waals surface area (Å²) in [6, 6.07) is 5.79. The zero-order valence-electron chi connectivity index (χ0n) is 11.4. The number of carbonyl (C=O) groups is 1. The molecule has 0 unspecified atom stereocenters. The number of esters is 1. The van der Waals surface area contributed by atoms with Crippen molar-refractivity contribution in [3.63, 3.8) is 0 Å². The van der Waals surface area contributed by atoms with E-state index in [1.165, 1.54) is 22.9 Å². The Morgan fingerprint density at radius 1 is 1.48 bits per heavy atom. The maximum absolute atomic E-state index is 11.7. The van der Waals surface area contributed by atoms with Crippen molar-refractivity contribution in [3.05, 3.63) is 45.6 Å². The fourth-order valence-electron chi connectivity index (χ4n) is 1.81. The van der Waals surface area contributed by atoms with Gasteiger partial charge in [0.1, 0.15) is 0 Å². The molecule has 1 aromatic heterocycles. The van der Waals surface area contributed by atoms with Crippen molar-refractivity contribution in [3.8, 4) is 5.69 Å². The van der Waals surface area contributed by atoms with Gasteiger partial charge >= 0.3 is 11.7 Å². The Morgan fingerprint density at radius 2 is 2.19 bits per heavy atom. The highest BCUT2D eigenvalue weighted by Gasteiger charge is 2.18. The van der Waals surface area contributed by atoms with Crippen LogP contribution in [0.25, 0.3) is 5.69 Å². The van der Waals surface area contributed by atoms with Gasteiger partial charge in [-0.25, -0.2) is 14.7 Å². The Morgan fingerprint density at radius 3 is 2.76 bits per heavy atom. The van der Waals surface area contributed by atoms with Crippen molar-refractivity contribution >= 4 is 23.3 Å². The largest absolute Gasteiger partial charge is 0.461 e. The molecule has 110 valence electrons. The van der Waals surface area contributed by atoms with E-state index in [0.29, 0.717) is 11.4 Å². The zero-order chi connectivity index (χ0) is 15.6. The third kappa shape index (κ3) is 3.03. The predicted molar refractivity (Wildman–Crippen MR) is 74.3 cm³/mol. The first-order valence-corrected chi connectivity index (χ1v) is 6.51. The SMILES string of the molecule is CCOC(=O)c1cc(C)n(-c2ccc([N+](=O)O)cc2Cl)n1. The first-order valence-electron chi connectivity index (χ1n) is 6.14. The van der Waals surface area contributed by atoms with Crippen molar-refractivity contribution in [1.29, 1.82) is 0 Å². The van der Waals surface area contributed by atoms with Gasteiger partial charge < -0.3 is 4.74 Å². The Kier molecular flexibility index (Phi) is 4.23. The maximum Gasteiger partial charge on any atom is 0.358 e. The molecule has 0 bridgehead atoms. The van der Waals surface area contributed by atoms with E-state index in [4.69, 9.17) is 21.5 Å². The summed E-state index contributed by atoms with van der Waals surface area (Å²) in [4.78, 5) is 22.2. The van der Waals surface area contributed by atoms with Crippen LogP contribution in [0.5, 0.6) is 0 Å². The van der Waals surface area contributed by atoms with Gasteiger partial charge in [-0.2, -0.15) is 5.10 Å². The Bertz CT molecular complexity index is 711. The lowest BCUT2D eigenvalue weighted by Crippen LogP contribution is -2.07. The van der Waals surface area contributed by atoms with E-state index in [1.807, 2.05) is 0 Å². The molecule has 0 aliphatic heterocycles. The number of ether oxygens (including phenoxy) is 1. The van der Waals surface area contributed by atoms with Gasteiger partial charge in [0, 0.05) is 17.8 Å². The summed E-state index contributed by atoms with van der Waals surface area (Å²) in [5.41, 5.74) is 1.33. The van der Waals surface area contributed by atoms with Crippen LogP contribution >= 0.6 is 11.6 Å². The number of carbonyl (C=O) groups excluding carboxylic acids is 1. The van der Waals surface area contributed by atoms with E-state index < -0.39 is 5.97 Å². The maximum atomic E-state index is 11.7. The number of hydrogen-bond acceptors (Lipinski definition) is 4. The normalized spacial score (nSPS) is 10.4. The molecule has 0 saturated heterocycles. The summed E-state index contributed by atoms with van der Waals surface area (Å²) in [6.07, 6.45) is 0. The lowest BCUT2D eigenvalue weighted by molar-refractivity contribution is -0.729. The number of aromatic nitrogens is 2. The highest BCUT2D eigenvalue weighted by Crippen LogP contribution is 2.26. The molecule has 0 aliphatic carbocycles. The molecule has 8 heteroatoms. The second kappa shape index (κ2) is 5.92. The Labute approximate surface area is 125 Å². The average Bonchev–Trinajstić information content (AvgIpc) is 2.81. The minimum atomic E-state index is -0.520. The van der Waals surface area contributed by atoms with Crippen LogP contribution in [0.2, 0.25) is 5.02 Å². The van der Waals surface area contributed by atoms with E-state index >= 15 is 0 Å². The van der Waals surface area contributed by atoms with E-state index in [2.05, 4.69) is 5.10 Å². The summed E-state index contributed by atoms with van der Waals surface area (Å²) < 4.78 is 6.35. The van der Waals surface area contributed by atoms with E-state index in [1.54, 1.807) is 19.9 Å². The summed E-state index contributed by atoms with van der Waals surface area (Å²) in [6.45, 7) is 3.73. The Hall–Kier alpha value is -2.41. The lowest BCUT2D eigenvalue weighted by Gasteiger charge is -2.05. The Balaban J connectivity index is 2.43. The van der Waals surface area contributed by atoms with E-state index in [9.17, 15) is 9.70 Å². The minimum Gasteiger partial charge on any atom is -0.461 e. The number of benzene rings is 1. The van der Waals surface area contributed by atoms with Crippen molar-refractivity contribution < 1.29 is 19.7 Å². The monoisotopic (exact) mass is 310 g/mol. The third-order valence-corrected chi connectivity index (χ3v) is 3.06. The molecule has 1 heterocycles. The van der Waals surface area contributed by atoms with Crippen LogP contribution in [0.4, 0.5) is 5.69 Å². The van der Waals surface area contributed by atoms with Gasteiger partial charge in [-0.1, -0.05) is 11.6 Å². The molecule has 7 nitrogen and oxygen atoms in total. The minimum absolute atomic E-state index is 0.000764. The van der Waals surface area contributed by atoms with Crippen molar-refractivity contribution in [1.82, 2.24) is 9.78 Å². The fraction of sp³-hybridized carbons (Fsp3) is 0.231. The third-order valence-electron chi connectivity index (χ3n) is 2.75. The highest BCUT2D eigenvalue weighted by molar-refractivity contribution is 6.32. The number of nitrogens with zero attached hydrogens (tertiary/aromatic N) is 3. The van der Waals surface area contributed by atoms with Gasteiger partial charge in [0.25, 0.3) is 4.92 Å². The van der Waals surface area contributed by atoms with Crippen LogP contribution < -0.4 is 0 Å². The van der Waals surface area contributed by atoms with Gasteiger partial charge in [-0.15, -0.1) is 0 Å². The molecule has 2 rings (SSSR count). The van der Waals surface area contributed by atoms with Gasteiger partial charge in [-0.3, -0.25) is 0 Å². The van der Waals surface area contributed by atoms with Crippen LogP contribution in [0.15, 0.2) is 24.3 Å². The molecular weight excluding hydrogens is 298 g/mol. The molecule has 21 heavy (non-hydrogen) atoms. The topological polar surface area (TPSA) is 84.4 Å². The van der Waals surface area contributed by atoms with Crippen molar-refractivity contribution in [2.45, 2.75) is 13.8 Å². The highest BCUT2D eigenvalue weighted by atomic mass is 35.5. The van der Waals surface area contributed by atoms with E-state index in [0.717, 1.165) is 0 Å². The molecule has 0 aliphatic rings. The second-order valence-electron chi connectivity index (χ2n) is 4.21. The number of aryl methyl sites for hydroxylation is 1. The average molecular weight is 311 g/mol. The molecule has 0 amide bonds. The fourth-order valence-corrected chi connectivity index (χ4v) is 2.06. The van der Waals surface area contributed by atoms with Crippen LogP contribution in [0.3, 0.4) is 0 Å². The second-order valence-corrected chi connectivity index (χ2v) is 4.62. The van der Waals surface area contributed by atoms with Crippen LogP contribution in [0, 0.1) is 11.8 Å². The molecule has 0 spiro atoms. The molecule has 0 fully saturated rings. The number of hydrogen-bond donors (Lipinski definition) is 1. The summed E-state index contributed by atoms with van der Waals surface area (Å²) in [5, 5.41) is 13.2. The van der Waals surface area contributed by atoms with Gasteiger partial charge in [0.15, 0.2) is 5.69 Å².